The number of benzene rings is 1. The third-order valence-corrected chi connectivity index (χ3v) is 4.24. The van der Waals surface area contributed by atoms with E-state index in [-0.39, 0.29) is 18.2 Å². The molecule has 30 heavy (non-hydrogen) atoms. The van der Waals surface area contributed by atoms with Gasteiger partial charge in [-0.05, 0) is 72.2 Å². The average Bonchev–Trinajstić information content (AvgIpc) is 2.67. The molecule has 9 heteroatoms. The molecule has 0 atom stereocenters. The van der Waals surface area contributed by atoms with Crippen molar-refractivity contribution >= 4 is 54.1 Å². The number of nitrogens with zero attached hydrogens (tertiary/aromatic N) is 2. The summed E-state index contributed by atoms with van der Waals surface area (Å²) in [6.45, 7) is 1.56. The maximum Gasteiger partial charge on any atom is 0.344 e. The molecule has 0 spiro atoms. The zero-order valence-corrected chi connectivity index (χ0v) is 17.1. The number of nitrogens with two attached hydrogens (primary N) is 1. The van der Waals surface area contributed by atoms with Crippen LogP contribution < -0.4 is 21.6 Å². The number of aromatic nitrogens is 1. The van der Waals surface area contributed by atoms with Gasteiger partial charge in [0.25, 0.3) is 0 Å². The number of oxime groups is 1. The number of nitrogens with one attached hydrogen (secondary N) is 2. The van der Waals surface area contributed by atoms with E-state index in [0.29, 0.717) is 11.4 Å². The van der Waals surface area contributed by atoms with Crippen LogP contribution in [0.4, 0.5) is 11.5 Å². The summed E-state index contributed by atoms with van der Waals surface area (Å²) in [5.41, 5.74) is 9.08. The Balaban J connectivity index is 0.00000320. The lowest BCUT2D eigenvalue weighted by molar-refractivity contribution is -0.142. The Labute approximate surface area is 179 Å². The number of carboxylic acid groups (broad SMARTS) is 1. The highest BCUT2D eigenvalue weighted by molar-refractivity contribution is 5.95. The number of carbonyl (C=O) groups is 1. The number of rotatable bonds is 7. The Morgan fingerprint density at radius 2 is 2.13 bits per heavy atom. The number of pyridine rings is 1. The van der Waals surface area contributed by atoms with Gasteiger partial charge in [0.15, 0.2) is 0 Å². The zero-order chi connectivity index (χ0) is 20.8. The summed E-state index contributed by atoms with van der Waals surface area (Å²) in [6.07, 6.45) is 7.98. The van der Waals surface area contributed by atoms with Gasteiger partial charge in [0.1, 0.15) is 11.7 Å². The van der Waals surface area contributed by atoms with E-state index in [1.54, 1.807) is 18.2 Å². The van der Waals surface area contributed by atoms with Gasteiger partial charge in [0.05, 0.1) is 11.6 Å². The van der Waals surface area contributed by atoms with E-state index in [9.17, 15) is 4.79 Å². The average molecular weight is 428 g/mol. The molecule has 0 unspecified atom stereocenters. The molecule has 0 saturated carbocycles. The summed E-state index contributed by atoms with van der Waals surface area (Å²) < 4.78 is 0. The summed E-state index contributed by atoms with van der Waals surface area (Å²) in [5.74, 6) is -0.334. The lowest BCUT2D eigenvalue weighted by Crippen LogP contribution is -2.33. The molecule has 0 fully saturated rings. The number of hydrogen-bond donors (Lipinski definition) is 4. The lowest BCUT2D eigenvalue weighted by atomic mass is 10.0. The molecular formula is C21H22ClN5O3. The maximum atomic E-state index is 10.4. The highest BCUT2D eigenvalue weighted by Crippen LogP contribution is 2.15. The highest BCUT2D eigenvalue weighted by atomic mass is 35.5. The van der Waals surface area contributed by atoms with Crippen LogP contribution in [0.3, 0.4) is 0 Å². The smallest absolute Gasteiger partial charge is 0.344 e. The van der Waals surface area contributed by atoms with Crippen molar-refractivity contribution in [2.24, 2.45) is 10.9 Å². The van der Waals surface area contributed by atoms with Crippen molar-refractivity contribution < 1.29 is 14.7 Å². The number of anilines is 2. The second-order valence-electron chi connectivity index (χ2n) is 6.46. The van der Waals surface area contributed by atoms with Gasteiger partial charge in [-0.15, -0.1) is 12.4 Å². The van der Waals surface area contributed by atoms with Gasteiger partial charge in [0.2, 0.25) is 6.61 Å². The Kier molecular flexibility index (Phi) is 7.71. The van der Waals surface area contributed by atoms with Crippen LogP contribution in [-0.4, -0.2) is 34.7 Å². The van der Waals surface area contributed by atoms with Crippen LogP contribution in [0.25, 0.3) is 12.2 Å². The van der Waals surface area contributed by atoms with Crippen molar-refractivity contribution in [3.8, 4) is 0 Å². The molecule has 0 aliphatic heterocycles. The first-order chi connectivity index (χ1) is 13.9. The molecule has 3 rings (SSSR count). The van der Waals surface area contributed by atoms with Gasteiger partial charge in [-0.1, -0.05) is 11.2 Å². The molecule has 0 amide bonds. The Morgan fingerprint density at radius 3 is 2.80 bits per heavy atom. The number of fused-ring (bicyclic) bond motifs is 1. The Bertz CT molecular complexity index is 1120. The predicted octanol–water partition coefficient (Wildman–Crippen LogP) is 1.82. The molecular weight excluding hydrogens is 406 g/mol. The van der Waals surface area contributed by atoms with Crippen LogP contribution in [0, 0.1) is 12.3 Å². The van der Waals surface area contributed by atoms with E-state index in [1.807, 2.05) is 31.2 Å². The molecule has 1 aliphatic carbocycles. The van der Waals surface area contributed by atoms with Crippen molar-refractivity contribution in [1.29, 1.82) is 5.41 Å². The zero-order valence-electron chi connectivity index (χ0n) is 16.3. The molecule has 1 aromatic carbocycles. The molecule has 1 heterocycles. The largest absolute Gasteiger partial charge is 0.479 e. The number of halogens is 1. The molecule has 0 radical (unpaired) electrons. The van der Waals surface area contributed by atoms with Crippen LogP contribution in [0.5, 0.6) is 0 Å². The van der Waals surface area contributed by atoms with E-state index in [0.717, 1.165) is 33.8 Å². The fraction of sp³-hybridized carbons (Fsp3) is 0.143. The quantitative estimate of drug-likeness (QED) is 0.302. The second-order valence-corrected chi connectivity index (χ2v) is 6.46. The standard InChI is InChI=1S/C21H21N5O3.ClH/c1-13-10-19(25-16-5-3-15(4-6-16)21(22)23)26-18-11-14(2-7-17(13)18)8-9-24-29-12-20(27)28;/h3-11H,2,12H2,1H3,(H3,22,23)(H,25,26)(H,27,28);1H. The third-order valence-electron chi connectivity index (χ3n) is 4.24. The molecule has 1 aliphatic rings. The number of aryl methyl sites for hydroxylation is 1. The van der Waals surface area contributed by atoms with Gasteiger partial charge in [-0.2, -0.15) is 0 Å². The summed E-state index contributed by atoms with van der Waals surface area (Å²) in [4.78, 5) is 19.7. The monoisotopic (exact) mass is 427 g/mol. The van der Waals surface area contributed by atoms with E-state index < -0.39 is 12.6 Å². The maximum absolute atomic E-state index is 10.4. The van der Waals surface area contributed by atoms with Crippen molar-refractivity contribution in [2.75, 3.05) is 11.9 Å². The SMILES string of the molecule is Cc1cc(Nc2ccc(C(=N)N)cc2)nc2c1=CCC(=CC=NOCC(=O)O)C=2.Cl. The second kappa shape index (κ2) is 10.2. The lowest BCUT2D eigenvalue weighted by Gasteiger charge is -2.11. The highest BCUT2D eigenvalue weighted by Gasteiger charge is 2.06. The van der Waals surface area contributed by atoms with Crippen LogP contribution >= 0.6 is 12.4 Å². The van der Waals surface area contributed by atoms with Crippen LogP contribution in [0.1, 0.15) is 17.5 Å². The molecule has 1 aromatic heterocycles. The first kappa shape index (κ1) is 22.6. The number of carboxylic acids is 1. The Hall–Kier alpha value is -3.65. The van der Waals surface area contributed by atoms with E-state index in [4.69, 9.17) is 16.2 Å². The minimum atomic E-state index is -1.07. The van der Waals surface area contributed by atoms with Gasteiger partial charge in [-0.3, -0.25) is 5.41 Å². The van der Waals surface area contributed by atoms with Gasteiger partial charge < -0.3 is 21.0 Å². The van der Waals surface area contributed by atoms with E-state index in [1.165, 1.54) is 6.21 Å². The summed E-state index contributed by atoms with van der Waals surface area (Å²) >= 11 is 0. The van der Waals surface area contributed by atoms with Crippen molar-refractivity contribution in [3.05, 3.63) is 63.7 Å². The van der Waals surface area contributed by atoms with Crippen molar-refractivity contribution in [3.63, 3.8) is 0 Å². The predicted molar refractivity (Wildman–Crippen MR) is 120 cm³/mol. The minimum Gasteiger partial charge on any atom is -0.479 e. The molecule has 5 N–H and O–H groups in total. The van der Waals surface area contributed by atoms with Crippen LogP contribution in [-0.2, 0) is 9.63 Å². The molecule has 0 saturated heterocycles. The first-order valence-electron chi connectivity index (χ1n) is 8.90. The van der Waals surface area contributed by atoms with Crippen LogP contribution in [0.2, 0.25) is 0 Å². The minimum absolute atomic E-state index is 0. The number of amidine groups is 1. The normalized spacial score (nSPS) is 13.6. The van der Waals surface area contributed by atoms with Gasteiger partial charge in [0, 0.05) is 11.3 Å². The van der Waals surface area contributed by atoms with Crippen molar-refractivity contribution in [1.82, 2.24) is 4.98 Å². The van der Waals surface area contributed by atoms with Crippen molar-refractivity contribution in [2.45, 2.75) is 13.3 Å². The number of hydrogen-bond acceptors (Lipinski definition) is 6. The molecule has 8 nitrogen and oxygen atoms in total. The van der Waals surface area contributed by atoms with Gasteiger partial charge >= 0.3 is 5.97 Å². The molecule has 0 bridgehead atoms. The van der Waals surface area contributed by atoms with E-state index in [2.05, 4.69) is 26.4 Å². The number of nitrogen functional groups attached to an aromatic ring is 1. The third kappa shape index (κ3) is 5.92. The number of allylic oxidation sites excluding steroid dienone is 2. The fourth-order valence-electron chi connectivity index (χ4n) is 2.86. The Morgan fingerprint density at radius 1 is 1.40 bits per heavy atom. The van der Waals surface area contributed by atoms with E-state index >= 15 is 0 Å². The summed E-state index contributed by atoms with van der Waals surface area (Å²) in [6, 6.07) is 9.24. The molecule has 2 aromatic rings. The fourth-order valence-corrected chi connectivity index (χ4v) is 2.86. The summed E-state index contributed by atoms with van der Waals surface area (Å²) in [5, 5.41) is 24.8. The van der Waals surface area contributed by atoms with Gasteiger partial charge in [-0.25, -0.2) is 9.78 Å². The van der Waals surface area contributed by atoms with Crippen LogP contribution in [0.15, 0.2) is 47.1 Å². The number of aliphatic carboxylic acids is 1. The molecule has 156 valence electrons. The first-order valence-corrected chi connectivity index (χ1v) is 8.90. The summed E-state index contributed by atoms with van der Waals surface area (Å²) in [7, 11) is 0. The topological polar surface area (TPSA) is 134 Å².